The van der Waals surface area contributed by atoms with Crippen molar-refractivity contribution in [3.05, 3.63) is 35.2 Å². The number of nitrogens with one attached hydrogen (secondary N) is 2. The van der Waals surface area contributed by atoms with E-state index in [0.717, 1.165) is 60.6 Å². The monoisotopic (exact) mass is 542 g/mol. The number of benzene rings is 1. The topological polar surface area (TPSA) is 75.9 Å². The summed E-state index contributed by atoms with van der Waals surface area (Å²) >= 11 is 0. The number of aryl methyl sites for hydroxylation is 2. The second-order valence-electron chi connectivity index (χ2n) is 7.61. The highest BCUT2D eigenvalue weighted by atomic mass is 127. The number of halogens is 1. The number of aromatic nitrogens is 2. The van der Waals surface area contributed by atoms with Crippen molar-refractivity contribution in [2.24, 2.45) is 12.0 Å². The zero-order valence-corrected chi connectivity index (χ0v) is 21.7. The Balaban J connectivity index is 0.00000341. The minimum absolute atomic E-state index is 0. The quantitative estimate of drug-likeness (QED) is 0.319. The van der Waals surface area contributed by atoms with E-state index >= 15 is 0 Å². The van der Waals surface area contributed by atoms with Gasteiger partial charge in [-0.05, 0) is 27.2 Å². The average molecular weight is 542 g/mol. The molecule has 1 saturated heterocycles. The maximum atomic E-state index is 5.42. The number of ether oxygens (including phenoxy) is 2. The van der Waals surface area contributed by atoms with E-state index in [1.165, 1.54) is 5.56 Å². The summed E-state index contributed by atoms with van der Waals surface area (Å²) in [5.41, 5.74) is 4.49. The van der Waals surface area contributed by atoms with Crippen LogP contribution in [-0.4, -0.2) is 55.6 Å². The van der Waals surface area contributed by atoms with E-state index in [0.29, 0.717) is 12.6 Å². The molecule has 1 aliphatic rings. The second kappa shape index (κ2) is 11.4. The lowest BCUT2D eigenvalue weighted by molar-refractivity contribution is 0.394. The minimum Gasteiger partial charge on any atom is -0.497 e. The molecule has 1 aromatic carbocycles. The second-order valence-corrected chi connectivity index (χ2v) is 7.61. The van der Waals surface area contributed by atoms with E-state index in [9.17, 15) is 0 Å². The van der Waals surface area contributed by atoms with Crippen LogP contribution in [0.4, 0.5) is 5.69 Å². The highest BCUT2D eigenvalue weighted by Gasteiger charge is 2.24. The normalized spacial score (nSPS) is 16.1. The fraction of sp³-hybridized carbons (Fsp3) is 0.545. The molecule has 0 radical (unpaired) electrons. The molecule has 0 bridgehead atoms. The molecular formula is C22H35IN6O2. The molecule has 1 aliphatic heterocycles. The first-order valence-electron chi connectivity index (χ1n) is 10.5. The van der Waals surface area contributed by atoms with Crippen LogP contribution < -0.4 is 25.0 Å². The number of methoxy groups -OCH3 is 2. The predicted molar refractivity (Wildman–Crippen MR) is 136 cm³/mol. The zero-order chi connectivity index (χ0) is 21.7. The average Bonchev–Trinajstić information content (AvgIpc) is 3.30. The Kier molecular flexibility index (Phi) is 9.27. The largest absolute Gasteiger partial charge is 0.497 e. The molecule has 1 fully saturated rings. The number of anilines is 1. The van der Waals surface area contributed by atoms with E-state index in [4.69, 9.17) is 14.5 Å². The van der Waals surface area contributed by atoms with E-state index in [1.54, 1.807) is 14.2 Å². The van der Waals surface area contributed by atoms with Gasteiger partial charge in [-0.2, -0.15) is 5.10 Å². The molecule has 0 amide bonds. The Hall–Kier alpha value is -2.17. The zero-order valence-electron chi connectivity index (χ0n) is 19.4. The Bertz CT molecular complexity index is 876. The van der Waals surface area contributed by atoms with Gasteiger partial charge in [0.1, 0.15) is 11.5 Å². The lowest BCUT2D eigenvalue weighted by atomic mass is 10.2. The summed E-state index contributed by atoms with van der Waals surface area (Å²) < 4.78 is 12.7. The van der Waals surface area contributed by atoms with Crippen molar-refractivity contribution in [2.75, 3.05) is 38.8 Å². The van der Waals surface area contributed by atoms with Gasteiger partial charge in [-0.1, -0.05) is 0 Å². The van der Waals surface area contributed by atoms with Crippen LogP contribution in [0.3, 0.4) is 0 Å². The van der Waals surface area contributed by atoms with Gasteiger partial charge < -0.3 is 25.0 Å². The van der Waals surface area contributed by atoms with Gasteiger partial charge in [0.2, 0.25) is 0 Å². The van der Waals surface area contributed by atoms with Gasteiger partial charge in [0, 0.05) is 67.9 Å². The number of rotatable bonds is 7. The lowest BCUT2D eigenvalue weighted by Gasteiger charge is -2.21. The van der Waals surface area contributed by atoms with E-state index in [2.05, 4.69) is 46.6 Å². The Morgan fingerprint density at radius 3 is 2.42 bits per heavy atom. The molecule has 8 nitrogen and oxygen atoms in total. The highest BCUT2D eigenvalue weighted by molar-refractivity contribution is 14.0. The maximum absolute atomic E-state index is 5.42. The summed E-state index contributed by atoms with van der Waals surface area (Å²) in [6.45, 7) is 9.50. The fourth-order valence-corrected chi connectivity index (χ4v) is 3.81. The standard InChI is InChI=1S/C22H34N6O2.HI/c1-7-23-22(24-13-21-15(2)26-27(4)16(21)3)25-17-8-9-28(14-17)18-10-19(29-5)12-20(11-18)30-6;/h10-12,17H,7-9,13-14H2,1-6H3,(H2,23,24,25);1H. The molecule has 1 unspecified atom stereocenters. The van der Waals surface area contributed by atoms with Gasteiger partial charge in [0.15, 0.2) is 5.96 Å². The van der Waals surface area contributed by atoms with Crippen molar-refractivity contribution in [1.82, 2.24) is 20.4 Å². The van der Waals surface area contributed by atoms with Gasteiger partial charge in [-0.15, -0.1) is 24.0 Å². The van der Waals surface area contributed by atoms with Crippen LogP contribution in [0, 0.1) is 13.8 Å². The van der Waals surface area contributed by atoms with Crippen LogP contribution in [0.2, 0.25) is 0 Å². The molecule has 2 heterocycles. The highest BCUT2D eigenvalue weighted by Crippen LogP contribution is 2.30. The van der Waals surface area contributed by atoms with Crippen molar-refractivity contribution in [1.29, 1.82) is 0 Å². The number of nitrogens with zero attached hydrogens (tertiary/aromatic N) is 4. The minimum atomic E-state index is 0. The van der Waals surface area contributed by atoms with Crippen molar-refractivity contribution in [3.63, 3.8) is 0 Å². The molecule has 31 heavy (non-hydrogen) atoms. The summed E-state index contributed by atoms with van der Waals surface area (Å²) in [6.07, 6.45) is 1.04. The van der Waals surface area contributed by atoms with Crippen LogP contribution in [0.1, 0.15) is 30.3 Å². The van der Waals surface area contributed by atoms with Gasteiger partial charge in [-0.25, -0.2) is 4.99 Å². The lowest BCUT2D eigenvalue weighted by Crippen LogP contribution is -2.44. The molecule has 0 spiro atoms. The first-order valence-corrected chi connectivity index (χ1v) is 10.5. The number of aliphatic imine (C=N–C) groups is 1. The van der Waals surface area contributed by atoms with E-state index < -0.39 is 0 Å². The number of hydrogen-bond acceptors (Lipinski definition) is 5. The molecule has 0 saturated carbocycles. The van der Waals surface area contributed by atoms with Gasteiger partial charge in [0.05, 0.1) is 26.5 Å². The molecule has 2 N–H and O–H groups in total. The summed E-state index contributed by atoms with van der Waals surface area (Å²) in [7, 11) is 5.33. The summed E-state index contributed by atoms with van der Waals surface area (Å²) in [5, 5.41) is 11.5. The van der Waals surface area contributed by atoms with Gasteiger partial charge >= 0.3 is 0 Å². The molecule has 3 rings (SSSR count). The Labute approximate surface area is 202 Å². The number of guanidine groups is 1. The predicted octanol–water partition coefficient (Wildman–Crippen LogP) is 3.01. The maximum Gasteiger partial charge on any atom is 0.191 e. The molecule has 1 atom stereocenters. The van der Waals surface area contributed by atoms with Crippen LogP contribution in [-0.2, 0) is 13.6 Å². The summed E-state index contributed by atoms with van der Waals surface area (Å²) in [6, 6.07) is 6.32. The Morgan fingerprint density at radius 1 is 1.19 bits per heavy atom. The van der Waals surface area contributed by atoms with Crippen molar-refractivity contribution in [2.45, 2.75) is 39.8 Å². The van der Waals surface area contributed by atoms with Crippen molar-refractivity contribution < 1.29 is 9.47 Å². The molecular weight excluding hydrogens is 507 g/mol. The summed E-state index contributed by atoms with van der Waals surface area (Å²) in [4.78, 5) is 7.17. The first kappa shape index (κ1) is 25.1. The van der Waals surface area contributed by atoms with Gasteiger partial charge in [-0.3, -0.25) is 4.68 Å². The van der Waals surface area contributed by atoms with E-state index in [-0.39, 0.29) is 24.0 Å². The third-order valence-electron chi connectivity index (χ3n) is 5.63. The SMILES string of the molecule is CCNC(=NCc1c(C)nn(C)c1C)NC1CCN(c2cc(OC)cc(OC)c2)C1.I. The van der Waals surface area contributed by atoms with Crippen LogP contribution in [0.25, 0.3) is 0 Å². The third-order valence-corrected chi connectivity index (χ3v) is 5.63. The van der Waals surface area contributed by atoms with Crippen LogP contribution >= 0.6 is 24.0 Å². The van der Waals surface area contributed by atoms with Crippen LogP contribution in [0.5, 0.6) is 11.5 Å². The fourth-order valence-electron chi connectivity index (χ4n) is 3.81. The number of hydrogen-bond donors (Lipinski definition) is 2. The third kappa shape index (κ3) is 6.18. The smallest absolute Gasteiger partial charge is 0.191 e. The molecule has 9 heteroatoms. The first-order chi connectivity index (χ1) is 14.4. The van der Waals surface area contributed by atoms with Crippen LogP contribution in [0.15, 0.2) is 23.2 Å². The molecule has 1 aromatic heterocycles. The Morgan fingerprint density at radius 2 is 1.87 bits per heavy atom. The summed E-state index contributed by atoms with van der Waals surface area (Å²) in [5.74, 6) is 2.45. The van der Waals surface area contributed by atoms with E-state index in [1.807, 2.05) is 24.7 Å². The van der Waals surface area contributed by atoms with Crippen molar-refractivity contribution >= 4 is 35.6 Å². The molecule has 2 aromatic rings. The van der Waals surface area contributed by atoms with Crippen molar-refractivity contribution in [3.8, 4) is 11.5 Å². The molecule has 172 valence electrons. The molecule has 0 aliphatic carbocycles. The van der Waals surface area contributed by atoms with Gasteiger partial charge in [0.25, 0.3) is 0 Å².